The first-order chi connectivity index (χ1) is 9.19. The van der Waals surface area contributed by atoms with Crippen LogP contribution < -0.4 is 5.32 Å². The summed E-state index contributed by atoms with van der Waals surface area (Å²) in [6.45, 7) is 6.87. The van der Waals surface area contributed by atoms with Gasteiger partial charge in [0.15, 0.2) is 0 Å². The van der Waals surface area contributed by atoms with E-state index in [2.05, 4.69) is 49.3 Å². The molecule has 2 heteroatoms. The summed E-state index contributed by atoms with van der Waals surface area (Å²) >= 11 is 0. The quantitative estimate of drug-likeness (QED) is 0.893. The summed E-state index contributed by atoms with van der Waals surface area (Å²) in [4.78, 5) is 2.77. The largest absolute Gasteiger partial charge is 0.319 e. The van der Waals surface area contributed by atoms with Crippen LogP contribution in [0.4, 0.5) is 0 Å². The predicted molar refractivity (Wildman–Crippen MR) is 80.4 cm³/mol. The van der Waals surface area contributed by atoms with Gasteiger partial charge in [-0.3, -0.25) is 4.90 Å². The molecule has 3 rings (SSSR count). The first-order valence-corrected chi connectivity index (χ1v) is 7.67. The van der Waals surface area contributed by atoms with Crippen LogP contribution in [-0.2, 0) is 0 Å². The summed E-state index contributed by atoms with van der Waals surface area (Å²) in [6, 6.07) is 8.60. The van der Waals surface area contributed by atoms with Gasteiger partial charge in [0, 0.05) is 12.1 Å². The summed E-state index contributed by atoms with van der Waals surface area (Å²) in [6.07, 6.45) is 4.16. The fourth-order valence-electron chi connectivity index (χ4n) is 3.82. The van der Waals surface area contributed by atoms with Crippen molar-refractivity contribution < 1.29 is 0 Å². The lowest BCUT2D eigenvalue weighted by Gasteiger charge is -2.29. The monoisotopic (exact) mass is 258 g/mol. The molecule has 1 aliphatic carbocycles. The van der Waals surface area contributed by atoms with E-state index in [9.17, 15) is 0 Å². The second kappa shape index (κ2) is 5.26. The SMILES string of the molecule is CNCC1CCN(C2CC2)C1c1cc(C)cc(C)c1. The molecule has 2 unspecified atom stereocenters. The number of hydrogen-bond donors (Lipinski definition) is 1. The lowest BCUT2D eigenvalue weighted by Crippen LogP contribution is -2.30. The molecule has 1 saturated heterocycles. The molecule has 1 heterocycles. The minimum atomic E-state index is 0.638. The molecular formula is C17H26N2. The van der Waals surface area contributed by atoms with Crippen molar-refractivity contribution in [3.05, 3.63) is 34.9 Å². The molecule has 2 aliphatic rings. The molecule has 1 aromatic carbocycles. The lowest BCUT2D eigenvalue weighted by molar-refractivity contribution is 0.217. The summed E-state index contributed by atoms with van der Waals surface area (Å²) in [5.74, 6) is 0.770. The number of nitrogens with one attached hydrogen (secondary N) is 1. The zero-order chi connectivity index (χ0) is 13.4. The van der Waals surface area contributed by atoms with Crippen molar-refractivity contribution in [1.29, 1.82) is 0 Å². The van der Waals surface area contributed by atoms with Crippen molar-refractivity contribution in [1.82, 2.24) is 10.2 Å². The Morgan fingerprint density at radius 2 is 1.79 bits per heavy atom. The van der Waals surface area contributed by atoms with Gasteiger partial charge in [-0.15, -0.1) is 0 Å². The van der Waals surface area contributed by atoms with Crippen molar-refractivity contribution in [3.63, 3.8) is 0 Å². The van der Waals surface area contributed by atoms with E-state index in [0.717, 1.165) is 18.5 Å². The maximum atomic E-state index is 3.39. The van der Waals surface area contributed by atoms with Crippen LogP contribution in [0.25, 0.3) is 0 Å². The van der Waals surface area contributed by atoms with Crippen molar-refractivity contribution in [3.8, 4) is 0 Å². The highest BCUT2D eigenvalue weighted by Crippen LogP contribution is 2.44. The van der Waals surface area contributed by atoms with Crippen LogP contribution >= 0.6 is 0 Å². The van der Waals surface area contributed by atoms with Crippen LogP contribution in [0, 0.1) is 19.8 Å². The number of benzene rings is 1. The van der Waals surface area contributed by atoms with E-state index >= 15 is 0 Å². The molecule has 2 fully saturated rings. The zero-order valence-electron chi connectivity index (χ0n) is 12.4. The van der Waals surface area contributed by atoms with Crippen LogP contribution in [-0.4, -0.2) is 31.1 Å². The highest BCUT2D eigenvalue weighted by atomic mass is 15.2. The number of rotatable bonds is 4. The third-order valence-electron chi connectivity index (χ3n) is 4.63. The average molecular weight is 258 g/mol. The Bertz CT molecular complexity index is 430. The molecule has 0 amide bonds. The van der Waals surface area contributed by atoms with Crippen LogP contribution in [0.3, 0.4) is 0 Å². The molecule has 0 spiro atoms. The van der Waals surface area contributed by atoms with Gasteiger partial charge in [-0.1, -0.05) is 29.3 Å². The molecule has 0 bridgehead atoms. The van der Waals surface area contributed by atoms with E-state index in [1.807, 2.05) is 0 Å². The van der Waals surface area contributed by atoms with Gasteiger partial charge in [0.1, 0.15) is 0 Å². The molecule has 1 saturated carbocycles. The third-order valence-corrected chi connectivity index (χ3v) is 4.63. The normalized spacial score (nSPS) is 27.9. The Balaban J connectivity index is 1.91. The molecular weight excluding hydrogens is 232 g/mol. The smallest absolute Gasteiger partial charge is 0.0392 e. The van der Waals surface area contributed by atoms with E-state index in [-0.39, 0.29) is 0 Å². The van der Waals surface area contributed by atoms with Gasteiger partial charge in [0.05, 0.1) is 0 Å². The molecule has 2 atom stereocenters. The van der Waals surface area contributed by atoms with Crippen molar-refractivity contribution >= 4 is 0 Å². The van der Waals surface area contributed by atoms with Gasteiger partial charge in [0.2, 0.25) is 0 Å². The van der Waals surface area contributed by atoms with Gasteiger partial charge in [0.25, 0.3) is 0 Å². The minimum absolute atomic E-state index is 0.638. The fourth-order valence-corrected chi connectivity index (χ4v) is 3.82. The lowest BCUT2D eigenvalue weighted by atomic mass is 9.91. The maximum Gasteiger partial charge on any atom is 0.0392 e. The molecule has 104 valence electrons. The van der Waals surface area contributed by atoms with Crippen molar-refractivity contribution in [2.75, 3.05) is 20.1 Å². The topological polar surface area (TPSA) is 15.3 Å². The molecule has 0 radical (unpaired) electrons. The van der Waals surface area contributed by atoms with E-state index in [0.29, 0.717) is 6.04 Å². The fraction of sp³-hybridized carbons (Fsp3) is 0.647. The molecule has 2 nitrogen and oxygen atoms in total. The number of hydrogen-bond acceptors (Lipinski definition) is 2. The Morgan fingerprint density at radius 3 is 2.37 bits per heavy atom. The second-order valence-corrected chi connectivity index (χ2v) is 6.44. The van der Waals surface area contributed by atoms with E-state index < -0.39 is 0 Å². The molecule has 1 aliphatic heterocycles. The van der Waals surface area contributed by atoms with E-state index in [1.54, 1.807) is 5.56 Å². The Hall–Kier alpha value is -0.860. The van der Waals surface area contributed by atoms with Gasteiger partial charge in [-0.2, -0.15) is 0 Å². The molecule has 1 N–H and O–H groups in total. The Kier molecular flexibility index (Phi) is 3.64. The molecule has 1 aromatic rings. The summed E-state index contributed by atoms with van der Waals surface area (Å²) in [7, 11) is 2.08. The van der Waals surface area contributed by atoms with Crippen LogP contribution in [0.5, 0.6) is 0 Å². The zero-order valence-corrected chi connectivity index (χ0v) is 12.4. The van der Waals surface area contributed by atoms with E-state index in [1.165, 1.54) is 36.9 Å². The average Bonchev–Trinajstić information content (AvgIpc) is 3.10. The Morgan fingerprint density at radius 1 is 1.11 bits per heavy atom. The standard InChI is InChI=1S/C17H26N2/c1-12-8-13(2)10-15(9-12)17-14(11-18-3)6-7-19(17)16-4-5-16/h8-10,14,16-18H,4-7,11H2,1-3H3. The third kappa shape index (κ3) is 2.70. The Labute approximate surface area is 117 Å². The summed E-state index contributed by atoms with van der Waals surface area (Å²) in [5.41, 5.74) is 4.35. The molecule has 19 heavy (non-hydrogen) atoms. The number of aryl methyl sites for hydroxylation is 2. The van der Waals surface area contributed by atoms with Crippen molar-refractivity contribution in [2.24, 2.45) is 5.92 Å². The minimum Gasteiger partial charge on any atom is -0.319 e. The van der Waals surface area contributed by atoms with Crippen LogP contribution in [0.2, 0.25) is 0 Å². The highest BCUT2D eigenvalue weighted by Gasteiger charge is 2.42. The van der Waals surface area contributed by atoms with Crippen LogP contribution in [0.15, 0.2) is 18.2 Å². The first kappa shape index (κ1) is 13.1. The van der Waals surface area contributed by atoms with Gasteiger partial charge < -0.3 is 5.32 Å². The van der Waals surface area contributed by atoms with Crippen molar-refractivity contribution in [2.45, 2.75) is 45.2 Å². The number of likely N-dealkylation sites (tertiary alicyclic amines) is 1. The van der Waals surface area contributed by atoms with Gasteiger partial charge >= 0.3 is 0 Å². The summed E-state index contributed by atoms with van der Waals surface area (Å²) < 4.78 is 0. The maximum absolute atomic E-state index is 3.39. The van der Waals surface area contributed by atoms with Gasteiger partial charge in [-0.05, 0) is 64.7 Å². The van der Waals surface area contributed by atoms with Crippen LogP contribution in [0.1, 0.15) is 42.0 Å². The van der Waals surface area contributed by atoms with Gasteiger partial charge in [-0.25, -0.2) is 0 Å². The predicted octanol–water partition coefficient (Wildman–Crippen LogP) is 3.05. The van der Waals surface area contributed by atoms with E-state index in [4.69, 9.17) is 0 Å². The summed E-state index contributed by atoms with van der Waals surface area (Å²) in [5, 5.41) is 3.39. The second-order valence-electron chi connectivity index (χ2n) is 6.44. The molecule has 0 aromatic heterocycles. The first-order valence-electron chi connectivity index (χ1n) is 7.67. The highest BCUT2D eigenvalue weighted by molar-refractivity contribution is 5.32. The number of nitrogens with zero attached hydrogens (tertiary/aromatic N) is 1.